The van der Waals surface area contributed by atoms with Crippen LogP contribution in [-0.4, -0.2) is 35.3 Å². The number of nitro benzene ring substituents is 1. The summed E-state index contributed by atoms with van der Waals surface area (Å²) < 4.78 is 10.2. The highest BCUT2D eigenvalue weighted by Gasteiger charge is 2.18. The lowest BCUT2D eigenvalue weighted by Crippen LogP contribution is -2.02. The van der Waals surface area contributed by atoms with Gasteiger partial charge >= 0.3 is 0 Å². The van der Waals surface area contributed by atoms with E-state index in [1.165, 1.54) is 32.6 Å². The Bertz CT molecular complexity index is 771. The number of hydrogen-bond donors (Lipinski definition) is 1. The minimum atomic E-state index is -0.517. The second kappa shape index (κ2) is 7.36. The molecule has 0 aliphatic heterocycles. The number of nitrogens with zero attached hydrogens (tertiary/aromatic N) is 4. The first-order chi connectivity index (χ1) is 11.4. The number of nitro groups is 1. The first-order valence-electron chi connectivity index (χ1n) is 6.96. The van der Waals surface area contributed by atoms with Crippen molar-refractivity contribution in [3.8, 4) is 11.5 Å². The van der Waals surface area contributed by atoms with Crippen LogP contribution in [0.1, 0.15) is 17.0 Å². The number of ether oxygens (including phenoxy) is 2. The summed E-state index contributed by atoms with van der Waals surface area (Å²) in [5.74, 6) is 0.950. The molecule has 0 radical (unpaired) electrons. The Hall–Kier alpha value is -3.23. The van der Waals surface area contributed by atoms with E-state index in [1.807, 2.05) is 19.9 Å². The van der Waals surface area contributed by atoms with Crippen molar-refractivity contribution >= 4 is 17.9 Å². The average Bonchev–Trinajstić information content (AvgIpc) is 2.53. The molecule has 0 aliphatic carbocycles. The number of nitrogens with one attached hydrogen (secondary N) is 1. The lowest BCUT2D eigenvalue weighted by atomic mass is 10.1. The fourth-order valence-electron chi connectivity index (χ4n) is 2.08. The van der Waals surface area contributed by atoms with Crippen LogP contribution >= 0.6 is 0 Å². The van der Waals surface area contributed by atoms with Crippen molar-refractivity contribution in [3.63, 3.8) is 0 Å². The molecule has 0 atom stereocenters. The van der Waals surface area contributed by atoms with Gasteiger partial charge in [-0.2, -0.15) is 5.10 Å². The molecule has 1 aromatic heterocycles. The minimum Gasteiger partial charge on any atom is -0.493 e. The zero-order valence-electron chi connectivity index (χ0n) is 13.7. The molecule has 0 bridgehead atoms. The van der Waals surface area contributed by atoms with Gasteiger partial charge in [0, 0.05) is 11.4 Å². The molecule has 126 valence electrons. The summed E-state index contributed by atoms with van der Waals surface area (Å²) in [6, 6.07) is 4.59. The number of rotatable bonds is 6. The summed E-state index contributed by atoms with van der Waals surface area (Å²) in [5, 5.41) is 15.2. The first kappa shape index (κ1) is 17.1. The number of methoxy groups -OCH3 is 2. The molecular weight excluding hydrogens is 314 g/mol. The van der Waals surface area contributed by atoms with Crippen LogP contribution in [0.15, 0.2) is 23.3 Å². The van der Waals surface area contributed by atoms with Gasteiger partial charge in [-0.1, -0.05) is 0 Å². The van der Waals surface area contributed by atoms with Crippen LogP contribution in [0.25, 0.3) is 0 Å². The van der Waals surface area contributed by atoms with Crippen LogP contribution in [0.3, 0.4) is 0 Å². The van der Waals surface area contributed by atoms with Crippen LogP contribution in [0.4, 0.5) is 11.6 Å². The van der Waals surface area contributed by atoms with Crippen molar-refractivity contribution in [1.82, 2.24) is 9.97 Å². The van der Waals surface area contributed by atoms with Gasteiger partial charge in [0.15, 0.2) is 11.5 Å². The zero-order chi connectivity index (χ0) is 17.7. The van der Waals surface area contributed by atoms with Gasteiger partial charge in [-0.05, 0) is 26.0 Å². The number of anilines is 1. The first-order valence-corrected chi connectivity index (χ1v) is 6.96. The van der Waals surface area contributed by atoms with Gasteiger partial charge in [-0.3, -0.25) is 10.1 Å². The quantitative estimate of drug-likeness (QED) is 0.491. The van der Waals surface area contributed by atoms with Gasteiger partial charge in [-0.25, -0.2) is 15.4 Å². The maximum Gasteiger partial charge on any atom is 0.282 e. The van der Waals surface area contributed by atoms with Crippen LogP contribution in [-0.2, 0) is 0 Å². The third kappa shape index (κ3) is 3.94. The van der Waals surface area contributed by atoms with E-state index in [2.05, 4.69) is 20.5 Å². The highest BCUT2D eigenvalue weighted by Crippen LogP contribution is 2.33. The lowest BCUT2D eigenvalue weighted by Gasteiger charge is -2.08. The average molecular weight is 331 g/mol. The Balaban J connectivity index is 2.31. The Morgan fingerprint density at radius 1 is 1.12 bits per heavy atom. The highest BCUT2D eigenvalue weighted by atomic mass is 16.6. The molecule has 1 N–H and O–H groups in total. The Morgan fingerprint density at radius 3 is 2.25 bits per heavy atom. The number of aryl methyl sites for hydroxylation is 2. The molecule has 24 heavy (non-hydrogen) atoms. The fourth-order valence-corrected chi connectivity index (χ4v) is 2.08. The summed E-state index contributed by atoms with van der Waals surface area (Å²) >= 11 is 0. The molecule has 1 aromatic carbocycles. The number of aromatic nitrogens is 2. The summed E-state index contributed by atoms with van der Waals surface area (Å²) in [5.41, 5.74) is 4.34. The van der Waals surface area contributed by atoms with E-state index in [0.717, 1.165) is 11.4 Å². The number of benzene rings is 1. The SMILES string of the molecule is COc1cc(/C=N\Nc2nc(C)cc(C)n2)c([N+](=O)[O-])cc1OC. The molecular formula is C15H17N5O4. The Labute approximate surface area is 138 Å². The topological polar surface area (TPSA) is 112 Å². The van der Waals surface area contributed by atoms with Crippen molar-refractivity contribution in [2.75, 3.05) is 19.6 Å². The fraction of sp³-hybridized carbons (Fsp3) is 0.267. The van der Waals surface area contributed by atoms with Crippen molar-refractivity contribution in [2.24, 2.45) is 5.10 Å². The lowest BCUT2D eigenvalue weighted by molar-refractivity contribution is -0.385. The van der Waals surface area contributed by atoms with E-state index in [9.17, 15) is 10.1 Å². The van der Waals surface area contributed by atoms with E-state index in [-0.39, 0.29) is 17.0 Å². The second-order valence-corrected chi connectivity index (χ2v) is 4.87. The second-order valence-electron chi connectivity index (χ2n) is 4.87. The molecule has 1 heterocycles. The predicted molar refractivity (Wildman–Crippen MR) is 88.9 cm³/mol. The van der Waals surface area contributed by atoms with Crippen LogP contribution in [0.2, 0.25) is 0 Å². The molecule has 9 heteroatoms. The summed E-state index contributed by atoms with van der Waals surface area (Å²) in [4.78, 5) is 19.0. The normalized spacial score (nSPS) is 10.7. The monoisotopic (exact) mass is 331 g/mol. The molecule has 2 aromatic rings. The molecule has 2 rings (SSSR count). The molecule has 0 aliphatic rings. The van der Waals surface area contributed by atoms with Gasteiger partial charge in [0.1, 0.15) is 0 Å². The number of hydrogen-bond acceptors (Lipinski definition) is 8. The molecule has 0 spiro atoms. The highest BCUT2D eigenvalue weighted by molar-refractivity contribution is 5.87. The molecule has 0 saturated carbocycles. The molecule has 9 nitrogen and oxygen atoms in total. The number of hydrazone groups is 1. The molecule has 0 saturated heterocycles. The van der Waals surface area contributed by atoms with Gasteiger partial charge in [0.05, 0.1) is 37.0 Å². The smallest absolute Gasteiger partial charge is 0.282 e. The van der Waals surface area contributed by atoms with E-state index < -0.39 is 4.92 Å². The maximum atomic E-state index is 11.2. The summed E-state index contributed by atoms with van der Waals surface area (Å²) in [6.45, 7) is 3.67. The summed E-state index contributed by atoms with van der Waals surface area (Å²) in [7, 11) is 2.86. The standard InChI is InChI=1S/C15H17N5O4/c1-9-5-10(2)18-15(17-9)19-16-8-11-6-13(23-3)14(24-4)7-12(11)20(21)22/h5-8H,1-4H3,(H,17,18,19)/b16-8-. The van der Waals surface area contributed by atoms with Gasteiger partial charge in [-0.15, -0.1) is 0 Å². The van der Waals surface area contributed by atoms with Crippen LogP contribution < -0.4 is 14.9 Å². The Kier molecular flexibility index (Phi) is 5.25. The molecule has 0 unspecified atom stereocenters. The third-order valence-corrected chi connectivity index (χ3v) is 3.08. The van der Waals surface area contributed by atoms with Crippen LogP contribution in [0, 0.1) is 24.0 Å². The largest absolute Gasteiger partial charge is 0.493 e. The molecule has 0 amide bonds. The third-order valence-electron chi connectivity index (χ3n) is 3.08. The minimum absolute atomic E-state index is 0.153. The van der Waals surface area contributed by atoms with Crippen molar-refractivity contribution in [1.29, 1.82) is 0 Å². The van der Waals surface area contributed by atoms with Gasteiger partial charge < -0.3 is 9.47 Å². The van der Waals surface area contributed by atoms with Crippen molar-refractivity contribution in [2.45, 2.75) is 13.8 Å². The van der Waals surface area contributed by atoms with Crippen LogP contribution in [0.5, 0.6) is 11.5 Å². The van der Waals surface area contributed by atoms with E-state index in [0.29, 0.717) is 11.7 Å². The zero-order valence-corrected chi connectivity index (χ0v) is 13.7. The van der Waals surface area contributed by atoms with Gasteiger partial charge in [0.25, 0.3) is 5.69 Å². The van der Waals surface area contributed by atoms with Gasteiger partial charge in [0.2, 0.25) is 5.95 Å². The summed E-state index contributed by atoms with van der Waals surface area (Å²) in [6.07, 6.45) is 1.31. The van der Waals surface area contributed by atoms with Crippen molar-refractivity contribution in [3.05, 3.63) is 45.3 Å². The predicted octanol–water partition coefficient (Wildman–Crippen LogP) is 2.46. The molecule has 0 fully saturated rings. The van der Waals surface area contributed by atoms with E-state index >= 15 is 0 Å². The van der Waals surface area contributed by atoms with E-state index in [4.69, 9.17) is 9.47 Å². The Morgan fingerprint density at radius 2 is 1.71 bits per heavy atom. The maximum absolute atomic E-state index is 11.2. The van der Waals surface area contributed by atoms with E-state index in [1.54, 1.807) is 0 Å². The van der Waals surface area contributed by atoms with Crippen molar-refractivity contribution < 1.29 is 14.4 Å².